The Balaban J connectivity index is 2.70. The number of nitrogens with one attached hydrogen (secondary N) is 1. The first kappa shape index (κ1) is 19.5. The predicted molar refractivity (Wildman–Crippen MR) is 95.0 cm³/mol. The van der Waals surface area contributed by atoms with E-state index in [1.807, 2.05) is 45.0 Å². The van der Waals surface area contributed by atoms with Gasteiger partial charge in [-0.2, -0.15) is 0 Å². The minimum Gasteiger partial charge on any atom is -0.491 e. The van der Waals surface area contributed by atoms with Crippen molar-refractivity contribution in [3.8, 4) is 5.75 Å². The van der Waals surface area contributed by atoms with E-state index in [0.29, 0.717) is 6.61 Å². The number of unbranched alkanes of at least 4 members (excludes halogenated alkanes) is 1. The van der Waals surface area contributed by atoms with E-state index in [-0.39, 0.29) is 12.0 Å². The van der Waals surface area contributed by atoms with E-state index < -0.39 is 5.60 Å². The zero-order valence-electron chi connectivity index (χ0n) is 15.1. The van der Waals surface area contributed by atoms with E-state index in [1.165, 1.54) is 0 Å². The van der Waals surface area contributed by atoms with Crippen LogP contribution in [0.15, 0.2) is 24.3 Å². The molecule has 0 aliphatic rings. The molecule has 0 saturated carbocycles. The van der Waals surface area contributed by atoms with Crippen LogP contribution in [0.4, 0.5) is 5.69 Å². The zero-order chi connectivity index (χ0) is 17.3. The Morgan fingerprint density at radius 2 is 1.87 bits per heavy atom. The SMILES string of the molecule is CCCC[C@](C)(OCC)C(=O)Nc1ccc(O[C@@H](C)CC)cc1. The van der Waals surface area contributed by atoms with Crippen LogP contribution in [0.25, 0.3) is 0 Å². The quantitative estimate of drug-likeness (QED) is 0.674. The van der Waals surface area contributed by atoms with Gasteiger partial charge in [0.15, 0.2) is 0 Å². The minimum atomic E-state index is -0.781. The van der Waals surface area contributed by atoms with E-state index >= 15 is 0 Å². The van der Waals surface area contributed by atoms with Gasteiger partial charge in [0.2, 0.25) is 0 Å². The summed E-state index contributed by atoms with van der Waals surface area (Å²) in [6, 6.07) is 7.49. The molecule has 1 aromatic rings. The van der Waals surface area contributed by atoms with Crippen LogP contribution < -0.4 is 10.1 Å². The largest absolute Gasteiger partial charge is 0.491 e. The second-order valence-corrected chi connectivity index (χ2v) is 6.08. The van der Waals surface area contributed by atoms with Gasteiger partial charge in [0.25, 0.3) is 5.91 Å². The molecule has 1 N–H and O–H groups in total. The van der Waals surface area contributed by atoms with Crippen LogP contribution in [-0.4, -0.2) is 24.2 Å². The van der Waals surface area contributed by atoms with E-state index in [9.17, 15) is 4.79 Å². The second-order valence-electron chi connectivity index (χ2n) is 6.08. The third-order valence-electron chi connectivity index (χ3n) is 3.97. The van der Waals surface area contributed by atoms with Crippen LogP contribution in [0.2, 0.25) is 0 Å². The maximum absolute atomic E-state index is 12.6. The maximum Gasteiger partial charge on any atom is 0.256 e. The molecule has 1 rings (SSSR count). The topological polar surface area (TPSA) is 47.6 Å². The fourth-order valence-corrected chi connectivity index (χ4v) is 2.28. The number of carbonyl (C=O) groups is 1. The Morgan fingerprint density at radius 1 is 1.22 bits per heavy atom. The normalized spacial score (nSPS) is 14.8. The van der Waals surface area contributed by atoms with E-state index in [0.717, 1.165) is 37.1 Å². The highest BCUT2D eigenvalue weighted by Crippen LogP contribution is 2.23. The van der Waals surface area contributed by atoms with Crippen LogP contribution in [-0.2, 0) is 9.53 Å². The van der Waals surface area contributed by atoms with Gasteiger partial charge in [-0.15, -0.1) is 0 Å². The number of anilines is 1. The first-order valence-electron chi connectivity index (χ1n) is 8.67. The summed E-state index contributed by atoms with van der Waals surface area (Å²) in [5, 5.41) is 2.95. The lowest BCUT2D eigenvalue weighted by atomic mass is 9.97. The van der Waals surface area contributed by atoms with Crippen LogP contribution in [0, 0.1) is 0 Å². The molecule has 1 aromatic carbocycles. The van der Waals surface area contributed by atoms with Gasteiger partial charge in [0, 0.05) is 12.3 Å². The molecule has 4 heteroatoms. The van der Waals surface area contributed by atoms with Gasteiger partial charge in [0.05, 0.1) is 6.10 Å². The third kappa shape index (κ3) is 6.22. The van der Waals surface area contributed by atoms with E-state index in [1.54, 1.807) is 0 Å². The number of amides is 1. The number of hydrogen-bond acceptors (Lipinski definition) is 3. The highest BCUT2D eigenvalue weighted by molar-refractivity contribution is 5.97. The van der Waals surface area contributed by atoms with Crippen molar-refractivity contribution < 1.29 is 14.3 Å². The molecule has 0 aliphatic heterocycles. The van der Waals surface area contributed by atoms with Gasteiger partial charge in [-0.3, -0.25) is 4.79 Å². The standard InChI is InChI=1S/C19H31NO3/c1-6-9-14-19(5,22-8-3)18(21)20-16-10-12-17(13-11-16)23-15(4)7-2/h10-13,15H,6-9,14H2,1-5H3,(H,20,21)/t15-,19-/m0/s1. The summed E-state index contributed by atoms with van der Waals surface area (Å²) in [7, 11) is 0. The van der Waals surface area contributed by atoms with Crippen LogP contribution in [0.3, 0.4) is 0 Å². The van der Waals surface area contributed by atoms with Crippen molar-refractivity contribution >= 4 is 11.6 Å². The molecule has 1 amide bonds. The first-order valence-corrected chi connectivity index (χ1v) is 8.67. The summed E-state index contributed by atoms with van der Waals surface area (Å²) in [6.07, 6.45) is 3.87. The third-order valence-corrected chi connectivity index (χ3v) is 3.97. The van der Waals surface area contributed by atoms with Crippen molar-refractivity contribution in [3.63, 3.8) is 0 Å². The second kappa shape index (κ2) is 9.56. The molecule has 0 unspecified atom stereocenters. The lowest BCUT2D eigenvalue weighted by Crippen LogP contribution is -2.42. The van der Waals surface area contributed by atoms with Crippen molar-refractivity contribution in [2.45, 2.75) is 72.0 Å². The molecule has 0 bridgehead atoms. The number of benzene rings is 1. The molecule has 130 valence electrons. The molecule has 4 nitrogen and oxygen atoms in total. The van der Waals surface area contributed by atoms with Crippen molar-refractivity contribution in [1.29, 1.82) is 0 Å². The van der Waals surface area contributed by atoms with Crippen LogP contribution in [0.5, 0.6) is 5.75 Å². The first-order chi connectivity index (χ1) is 10.9. The summed E-state index contributed by atoms with van der Waals surface area (Å²) in [5.41, 5.74) is -0.0228. The molecule has 0 aliphatic carbocycles. The van der Waals surface area contributed by atoms with Crippen LogP contribution in [0.1, 0.15) is 60.3 Å². The van der Waals surface area contributed by atoms with Gasteiger partial charge in [-0.25, -0.2) is 0 Å². The molecule has 2 atom stereocenters. The van der Waals surface area contributed by atoms with Gasteiger partial charge >= 0.3 is 0 Å². The molecule has 0 saturated heterocycles. The van der Waals surface area contributed by atoms with Crippen molar-refractivity contribution in [3.05, 3.63) is 24.3 Å². The fraction of sp³-hybridized carbons (Fsp3) is 0.632. The molecular weight excluding hydrogens is 290 g/mol. The Morgan fingerprint density at radius 3 is 2.39 bits per heavy atom. The molecule has 0 fully saturated rings. The summed E-state index contributed by atoms with van der Waals surface area (Å²) < 4.78 is 11.5. The Labute approximate surface area is 140 Å². The molecule has 0 heterocycles. The van der Waals surface area contributed by atoms with Crippen molar-refractivity contribution in [2.24, 2.45) is 0 Å². The lowest BCUT2D eigenvalue weighted by molar-refractivity contribution is -0.139. The number of ether oxygens (including phenoxy) is 2. The van der Waals surface area contributed by atoms with Gasteiger partial charge in [-0.1, -0.05) is 26.7 Å². The zero-order valence-corrected chi connectivity index (χ0v) is 15.1. The Kier molecular flexibility index (Phi) is 8.10. The van der Waals surface area contributed by atoms with Crippen molar-refractivity contribution in [2.75, 3.05) is 11.9 Å². The highest BCUT2D eigenvalue weighted by atomic mass is 16.5. The lowest BCUT2D eigenvalue weighted by Gasteiger charge is -2.28. The van der Waals surface area contributed by atoms with E-state index in [4.69, 9.17) is 9.47 Å². The average molecular weight is 321 g/mol. The van der Waals surface area contributed by atoms with Crippen LogP contribution >= 0.6 is 0 Å². The molecule has 0 radical (unpaired) electrons. The predicted octanol–water partition coefficient (Wildman–Crippen LogP) is 4.79. The molecule has 23 heavy (non-hydrogen) atoms. The average Bonchev–Trinajstić information content (AvgIpc) is 2.54. The fourth-order valence-electron chi connectivity index (χ4n) is 2.28. The number of rotatable bonds is 10. The summed E-state index contributed by atoms with van der Waals surface area (Å²) in [4.78, 5) is 12.6. The smallest absolute Gasteiger partial charge is 0.256 e. The summed E-state index contributed by atoms with van der Waals surface area (Å²) >= 11 is 0. The van der Waals surface area contributed by atoms with Gasteiger partial charge in [-0.05, 0) is 57.9 Å². The Bertz CT molecular complexity index is 472. The van der Waals surface area contributed by atoms with E-state index in [2.05, 4.69) is 19.2 Å². The van der Waals surface area contributed by atoms with Gasteiger partial charge < -0.3 is 14.8 Å². The molecular formula is C19H31NO3. The molecule has 0 spiro atoms. The highest BCUT2D eigenvalue weighted by Gasteiger charge is 2.33. The monoisotopic (exact) mass is 321 g/mol. The van der Waals surface area contributed by atoms with Gasteiger partial charge in [0.1, 0.15) is 11.4 Å². The minimum absolute atomic E-state index is 0.0941. The maximum atomic E-state index is 12.6. The molecule has 0 aromatic heterocycles. The Hall–Kier alpha value is -1.55. The summed E-state index contributed by atoms with van der Waals surface area (Å²) in [5.74, 6) is 0.722. The number of hydrogen-bond donors (Lipinski definition) is 1. The van der Waals surface area contributed by atoms with Crippen molar-refractivity contribution in [1.82, 2.24) is 0 Å². The number of carbonyl (C=O) groups excluding carboxylic acids is 1. The summed E-state index contributed by atoms with van der Waals surface area (Å²) in [6.45, 7) is 10.5.